The third-order valence-corrected chi connectivity index (χ3v) is 2.24. The van der Waals surface area contributed by atoms with Gasteiger partial charge in [0.25, 0.3) is 0 Å². The van der Waals surface area contributed by atoms with E-state index in [1.807, 2.05) is 26.0 Å². The van der Waals surface area contributed by atoms with E-state index in [0.717, 1.165) is 22.6 Å². The molecule has 1 atom stereocenters. The van der Waals surface area contributed by atoms with Crippen molar-refractivity contribution in [1.82, 2.24) is 0 Å². The third kappa shape index (κ3) is 1.99. The predicted molar refractivity (Wildman–Crippen MR) is 56.9 cm³/mol. The monoisotopic (exact) mass is 195 g/mol. The largest absolute Gasteiger partial charge is 0.496 e. The molecule has 2 N–H and O–H groups in total. The number of nitrogens with two attached hydrogens (primary N) is 1. The smallest absolute Gasteiger partial charge is 0.127 e. The van der Waals surface area contributed by atoms with E-state index in [1.165, 1.54) is 0 Å². The Labute approximate surface area is 84.8 Å². The van der Waals surface area contributed by atoms with Crippen molar-refractivity contribution in [2.24, 2.45) is 5.73 Å². The minimum atomic E-state index is -0.0328. The van der Waals surface area contributed by atoms with Crippen molar-refractivity contribution in [3.8, 4) is 11.5 Å². The summed E-state index contributed by atoms with van der Waals surface area (Å²) in [7, 11) is 3.28. The van der Waals surface area contributed by atoms with Gasteiger partial charge >= 0.3 is 0 Å². The van der Waals surface area contributed by atoms with Gasteiger partial charge in [0.1, 0.15) is 11.5 Å². The van der Waals surface area contributed by atoms with Gasteiger partial charge in [-0.3, -0.25) is 0 Å². The molecule has 14 heavy (non-hydrogen) atoms. The summed E-state index contributed by atoms with van der Waals surface area (Å²) >= 11 is 0. The van der Waals surface area contributed by atoms with E-state index in [4.69, 9.17) is 15.2 Å². The Morgan fingerprint density at radius 2 is 1.71 bits per heavy atom. The highest BCUT2D eigenvalue weighted by Gasteiger charge is 2.11. The molecule has 3 heteroatoms. The Morgan fingerprint density at radius 3 is 2.14 bits per heavy atom. The lowest BCUT2D eigenvalue weighted by molar-refractivity contribution is 0.387. The van der Waals surface area contributed by atoms with Crippen LogP contribution in [0.4, 0.5) is 0 Å². The SMILES string of the molecule is COc1cc(OC)c(C(C)N)cc1C. The highest BCUT2D eigenvalue weighted by atomic mass is 16.5. The molecule has 1 aromatic carbocycles. The third-order valence-electron chi connectivity index (χ3n) is 2.24. The van der Waals surface area contributed by atoms with Crippen LogP contribution in [0.1, 0.15) is 24.1 Å². The van der Waals surface area contributed by atoms with Crippen LogP contribution in [-0.4, -0.2) is 14.2 Å². The maximum absolute atomic E-state index is 5.83. The van der Waals surface area contributed by atoms with Gasteiger partial charge in [-0.1, -0.05) is 0 Å². The van der Waals surface area contributed by atoms with Gasteiger partial charge in [-0.15, -0.1) is 0 Å². The lowest BCUT2D eigenvalue weighted by Crippen LogP contribution is -2.07. The van der Waals surface area contributed by atoms with Gasteiger partial charge < -0.3 is 15.2 Å². The predicted octanol–water partition coefficient (Wildman–Crippen LogP) is 2.03. The number of aryl methyl sites for hydroxylation is 1. The zero-order chi connectivity index (χ0) is 10.7. The summed E-state index contributed by atoms with van der Waals surface area (Å²) in [6, 6.07) is 3.84. The fraction of sp³-hybridized carbons (Fsp3) is 0.455. The summed E-state index contributed by atoms with van der Waals surface area (Å²) < 4.78 is 10.4. The number of hydrogen-bond donors (Lipinski definition) is 1. The Kier molecular flexibility index (Phi) is 3.36. The molecule has 0 amide bonds. The zero-order valence-electron chi connectivity index (χ0n) is 9.13. The van der Waals surface area contributed by atoms with Crippen LogP contribution in [0.15, 0.2) is 12.1 Å². The quantitative estimate of drug-likeness (QED) is 0.802. The summed E-state index contributed by atoms with van der Waals surface area (Å²) in [6.07, 6.45) is 0. The molecule has 1 unspecified atom stereocenters. The van der Waals surface area contributed by atoms with Crippen LogP contribution in [-0.2, 0) is 0 Å². The van der Waals surface area contributed by atoms with E-state index in [-0.39, 0.29) is 6.04 Å². The average molecular weight is 195 g/mol. The van der Waals surface area contributed by atoms with E-state index in [2.05, 4.69) is 0 Å². The molecule has 0 saturated carbocycles. The van der Waals surface area contributed by atoms with Crippen LogP contribution < -0.4 is 15.2 Å². The lowest BCUT2D eigenvalue weighted by Gasteiger charge is -2.15. The molecular weight excluding hydrogens is 178 g/mol. The van der Waals surface area contributed by atoms with Crippen molar-refractivity contribution in [1.29, 1.82) is 0 Å². The minimum absolute atomic E-state index is 0.0328. The van der Waals surface area contributed by atoms with Crippen molar-refractivity contribution in [3.63, 3.8) is 0 Å². The fourth-order valence-electron chi connectivity index (χ4n) is 1.44. The molecular formula is C11H17NO2. The first-order chi connectivity index (χ1) is 6.60. The van der Waals surface area contributed by atoms with Crippen LogP contribution in [0, 0.1) is 6.92 Å². The van der Waals surface area contributed by atoms with E-state index < -0.39 is 0 Å². The van der Waals surface area contributed by atoms with E-state index in [1.54, 1.807) is 14.2 Å². The van der Waals surface area contributed by atoms with Crippen LogP contribution in [0.2, 0.25) is 0 Å². The molecule has 0 bridgehead atoms. The lowest BCUT2D eigenvalue weighted by atomic mass is 10.0. The number of rotatable bonds is 3. The second-order valence-electron chi connectivity index (χ2n) is 3.35. The first-order valence-corrected chi connectivity index (χ1v) is 4.58. The molecule has 0 heterocycles. The van der Waals surface area contributed by atoms with Crippen molar-refractivity contribution >= 4 is 0 Å². The second-order valence-corrected chi connectivity index (χ2v) is 3.35. The number of methoxy groups -OCH3 is 2. The van der Waals surface area contributed by atoms with Gasteiger partial charge in [0.15, 0.2) is 0 Å². The van der Waals surface area contributed by atoms with Gasteiger partial charge in [-0.05, 0) is 25.5 Å². The van der Waals surface area contributed by atoms with Gasteiger partial charge in [-0.2, -0.15) is 0 Å². The molecule has 1 rings (SSSR count). The minimum Gasteiger partial charge on any atom is -0.496 e. The zero-order valence-corrected chi connectivity index (χ0v) is 9.13. The molecule has 0 aliphatic rings. The summed E-state index contributed by atoms with van der Waals surface area (Å²) in [5.74, 6) is 1.61. The van der Waals surface area contributed by atoms with Gasteiger partial charge in [0.2, 0.25) is 0 Å². The summed E-state index contributed by atoms with van der Waals surface area (Å²) in [5, 5.41) is 0. The maximum atomic E-state index is 5.83. The molecule has 0 fully saturated rings. The maximum Gasteiger partial charge on any atom is 0.127 e. The van der Waals surface area contributed by atoms with Gasteiger partial charge in [-0.25, -0.2) is 0 Å². The van der Waals surface area contributed by atoms with E-state index in [0.29, 0.717) is 0 Å². The fourth-order valence-corrected chi connectivity index (χ4v) is 1.44. The number of ether oxygens (including phenoxy) is 2. The normalized spacial score (nSPS) is 12.4. The number of hydrogen-bond acceptors (Lipinski definition) is 3. The van der Waals surface area contributed by atoms with Crippen LogP contribution in [0.5, 0.6) is 11.5 Å². The van der Waals surface area contributed by atoms with Gasteiger partial charge in [0.05, 0.1) is 14.2 Å². The Morgan fingerprint density at radius 1 is 1.14 bits per heavy atom. The molecule has 0 radical (unpaired) electrons. The van der Waals surface area contributed by atoms with Gasteiger partial charge in [0, 0.05) is 17.7 Å². The molecule has 0 aliphatic heterocycles. The van der Waals surface area contributed by atoms with Crippen LogP contribution in [0.3, 0.4) is 0 Å². The molecule has 78 valence electrons. The summed E-state index contributed by atoms with van der Waals surface area (Å²) in [6.45, 7) is 3.92. The molecule has 0 aromatic heterocycles. The molecule has 3 nitrogen and oxygen atoms in total. The highest BCUT2D eigenvalue weighted by molar-refractivity contribution is 5.47. The Hall–Kier alpha value is -1.22. The van der Waals surface area contributed by atoms with Crippen molar-refractivity contribution in [3.05, 3.63) is 23.3 Å². The summed E-state index contributed by atoms with van der Waals surface area (Å²) in [5.41, 5.74) is 7.91. The molecule has 0 spiro atoms. The van der Waals surface area contributed by atoms with E-state index in [9.17, 15) is 0 Å². The number of benzene rings is 1. The standard InChI is InChI=1S/C11H17NO2/c1-7-5-9(8(2)12)11(14-4)6-10(7)13-3/h5-6,8H,12H2,1-4H3. The van der Waals surface area contributed by atoms with Crippen molar-refractivity contribution in [2.75, 3.05) is 14.2 Å². The Bertz CT molecular complexity index is 321. The molecule has 0 saturated heterocycles. The highest BCUT2D eigenvalue weighted by Crippen LogP contribution is 2.31. The molecule has 0 aliphatic carbocycles. The van der Waals surface area contributed by atoms with Crippen LogP contribution >= 0.6 is 0 Å². The van der Waals surface area contributed by atoms with Crippen molar-refractivity contribution < 1.29 is 9.47 Å². The van der Waals surface area contributed by atoms with Crippen molar-refractivity contribution in [2.45, 2.75) is 19.9 Å². The summed E-state index contributed by atoms with van der Waals surface area (Å²) in [4.78, 5) is 0. The first kappa shape index (κ1) is 10.9. The second kappa shape index (κ2) is 4.33. The average Bonchev–Trinajstić information content (AvgIpc) is 2.17. The Balaban J connectivity index is 3.24. The van der Waals surface area contributed by atoms with E-state index >= 15 is 0 Å². The topological polar surface area (TPSA) is 44.5 Å². The van der Waals surface area contributed by atoms with Crippen LogP contribution in [0.25, 0.3) is 0 Å². The molecule has 1 aromatic rings. The first-order valence-electron chi connectivity index (χ1n) is 4.58.